The molecule has 0 bridgehead atoms. The molecule has 2 N–H and O–H groups in total. The molecule has 0 aromatic rings. The van der Waals surface area contributed by atoms with Crippen molar-refractivity contribution in [3.8, 4) is 0 Å². The van der Waals surface area contributed by atoms with E-state index in [4.69, 9.17) is 5.73 Å². The smallest absolute Gasteiger partial charge is 0.153 e. The number of unbranched alkanes of at least 4 members (excludes halogenated alkanes) is 2. The van der Waals surface area contributed by atoms with Crippen molar-refractivity contribution in [2.24, 2.45) is 5.73 Å². The van der Waals surface area contributed by atoms with Crippen molar-refractivity contribution in [3.63, 3.8) is 0 Å². The first-order chi connectivity index (χ1) is 8.00. The Balaban J connectivity index is 2.62. The summed E-state index contributed by atoms with van der Waals surface area (Å²) in [5, 5.41) is 0. The number of nitrogens with two attached hydrogens (primary N) is 1. The van der Waals surface area contributed by atoms with Crippen LogP contribution in [0.3, 0.4) is 0 Å². The number of sulfone groups is 1. The Bertz CT molecular complexity index is 308. The van der Waals surface area contributed by atoms with Crippen LogP contribution in [-0.4, -0.2) is 50.0 Å². The summed E-state index contributed by atoms with van der Waals surface area (Å²) in [5.74, 6) is 0.411. The fourth-order valence-corrected chi connectivity index (χ4v) is 4.32. The molecule has 1 saturated heterocycles. The van der Waals surface area contributed by atoms with E-state index in [1.807, 2.05) is 0 Å². The number of hydrogen-bond acceptors (Lipinski definition) is 4. The van der Waals surface area contributed by atoms with Crippen molar-refractivity contribution in [2.45, 2.75) is 51.6 Å². The Morgan fingerprint density at radius 1 is 1.12 bits per heavy atom. The molecule has 0 aromatic carbocycles. The predicted octanol–water partition coefficient (Wildman–Crippen LogP) is 1.01. The Morgan fingerprint density at radius 3 is 2.00 bits per heavy atom. The number of rotatable bonds is 7. The van der Waals surface area contributed by atoms with E-state index in [1.165, 1.54) is 0 Å². The van der Waals surface area contributed by atoms with Crippen molar-refractivity contribution >= 4 is 9.84 Å². The summed E-state index contributed by atoms with van der Waals surface area (Å²) in [7, 11) is -2.91. The standard InChI is InChI=1S/C12H26N2O2S/c1-3-5-7-14(8-6-4-2)12-10-17(15,16)9-11(12)13/h11-12H,3-10,13H2,1-2H3. The minimum absolute atomic E-state index is 0.0399. The van der Waals surface area contributed by atoms with Crippen LogP contribution in [-0.2, 0) is 9.84 Å². The van der Waals surface area contributed by atoms with Gasteiger partial charge in [-0.25, -0.2) is 8.42 Å². The molecule has 5 heteroatoms. The molecule has 1 rings (SSSR count). The highest BCUT2D eigenvalue weighted by Gasteiger charge is 2.38. The number of nitrogens with zero attached hydrogens (tertiary/aromatic N) is 1. The summed E-state index contributed by atoms with van der Waals surface area (Å²) in [5.41, 5.74) is 5.98. The van der Waals surface area contributed by atoms with Gasteiger partial charge in [-0.1, -0.05) is 26.7 Å². The van der Waals surface area contributed by atoms with E-state index in [-0.39, 0.29) is 23.6 Å². The second kappa shape index (κ2) is 6.71. The molecule has 0 spiro atoms. The molecule has 1 aliphatic rings. The highest BCUT2D eigenvalue weighted by atomic mass is 32.2. The van der Waals surface area contributed by atoms with E-state index >= 15 is 0 Å². The summed E-state index contributed by atoms with van der Waals surface area (Å²) in [4.78, 5) is 2.29. The van der Waals surface area contributed by atoms with Crippen molar-refractivity contribution in [1.82, 2.24) is 4.90 Å². The molecule has 0 amide bonds. The zero-order chi connectivity index (χ0) is 12.9. The Labute approximate surface area is 105 Å². The molecule has 1 aliphatic heterocycles. The van der Waals surface area contributed by atoms with Crippen molar-refractivity contribution < 1.29 is 8.42 Å². The molecule has 0 saturated carbocycles. The van der Waals surface area contributed by atoms with Gasteiger partial charge in [0.25, 0.3) is 0 Å². The first-order valence-corrected chi connectivity index (χ1v) is 8.52. The van der Waals surface area contributed by atoms with Crippen molar-refractivity contribution in [1.29, 1.82) is 0 Å². The highest BCUT2D eigenvalue weighted by Crippen LogP contribution is 2.18. The topological polar surface area (TPSA) is 63.4 Å². The monoisotopic (exact) mass is 262 g/mol. The lowest BCUT2D eigenvalue weighted by Gasteiger charge is -2.30. The van der Waals surface area contributed by atoms with Gasteiger partial charge in [-0.2, -0.15) is 0 Å². The van der Waals surface area contributed by atoms with Gasteiger partial charge < -0.3 is 5.73 Å². The lowest BCUT2D eigenvalue weighted by molar-refractivity contribution is 0.192. The van der Waals surface area contributed by atoms with Crippen molar-refractivity contribution in [2.75, 3.05) is 24.6 Å². The molecule has 0 aromatic heterocycles. The van der Waals surface area contributed by atoms with Gasteiger partial charge in [0.2, 0.25) is 0 Å². The van der Waals surface area contributed by atoms with Crippen LogP contribution in [0.5, 0.6) is 0 Å². The lowest BCUT2D eigenvalue weighted by Crippen LogP contribution is -2.47. The molecule has 1 fully saturated rings. The van der Waals surface area contributed by atoms with Crippen LogP contribution in [0.2, 0.25) is 0 Å². The van der Waals surface area contributed by atoms with Gasteiger partial charge in [0.15, 0.2) is 9.84 Å². The lowest BCUT2D eigenvalue weighted by atomic mass is 10.1. The molecule has 1 heterocycles. The quantitative estimate of drug-likeness (QED) is 0.744. The average Bonchev–Trinajstić information content (AvgIpc) is 2.53. The Morgan fingerprint density at radius 2 is 1.65 bits per heavy atom. The second-order valence-electron chi connectivity index (χ2n) is 5.05. The summed E-state index contributed by atoms with van der Waals surface area (Å²) in [6.45, 7) is 6.27. The van der Waals surface area contributed by atoms with Gasteiger partial charge in [-0.3, -0.25) is 4.90 Å². The van der Waals surface area contributed by atoms with E-state index in [1.54, 1.807) is 0 Å². The Hall–Kier alpha value is -0.130. The first-order valence-electron chi connectivity index (χ1n) is 6.70. The first kappa shape index (κ1) is 14.9. The second-order valence-corrected chi connectivity index (χ2v) is 7.20. The normalized spacial score (nSPS) is 27.8. The van der Waals surface area contributed by atoms with Crippen molar-refractivity contribution in [3.05, 3.63) is 0 Å². The largest absolute Gasteiger partial charge is 0.325 e. The van der Waals surface area contributed by atoms with E-state index in [0.717, 1.165) is 38.8 Å². The summed E-state index contributed by atoms with van der Waals surface area (Å²) < 4.78 is 23.2. The van der Waals surface area contributed by atoms with E-state index in [2.05, 4.69) is 18.7 Å². The van der Waals surface area contributed by atoms with Crippen LogP contribution < -0.4 is 5.73 Å². The molecule has 2 atom stereocenters. The molecular formula is C12H26N2O2S. The fourth-order valence-electron chi connectivity index (χ4n) is 2.40. The van der Waals surface area contributed by atoms with E-state index < -0.39 is 9.84 Å². The van der Waals surface area contributed by atoms with Gasteiger partial charge >= 0.3 is 0 Å². The van der Waals surface area contributed by atoms with Gasteiger partial charge in [0.05, 0.1) is 11.5 Å². The SMILES string of the molecule is CCCCN(CCCC)C1CS(=O)(=O)CC1N. The van der Waals surface area contributed by atoms with Gasteiger partial charge in [0.1, 0.15) is 0 Å². The van der Waals surface area contributed by atoms with Gasteiger partial charge in [-0.05, 0) is 25.9 Å². The third-order valence-electron chi connectivity index (χ3n) is 3.43. The van der Waals surface area contributed by atoms with Crippen LogP contribution in [0.4, 0.5) is 0 Å². The maximum absolute atomic E-state index is 11.6. The highest BCUT2D eigenvalue weighted by molar-refractivity contribution is 7.91. The van der Waals surface area contributed by atoms with E-state index in [9.17, 15) is 8.42 Å². The summed E-state index contributed by atoms with van der Waals surface area (Å²) in [6.07, 6.45) is 4.51. The average molecular weight is 262 g/mol. The fraction of sp³-hybridized carbons (Fsp3) is 1.00. The minimum atomic E-state index is -2.91. The third-order valence-corrected chi connectivity index (χ3v) is 5.17. The van der Waals surface area contributed by atoms with Crippen LogP contribution in [0, 0.1) is 0 Å². The Kier molecular flexibility index (Phi) is 5.89. The number of hydrogen-bond donors (Lipinski definition) is 1. The van der Waals surface area contributed by atoms with Gasteiger partial charge in [-0.15, -0.1) is 0 Å². The van der Waals surface area contributed by atoms with Crippen LogP contribution in [0.25, 0.3) is 0 Å². The minimum Gasteiger partial charge on any atom is -0.325 e. The summed E-state index contributed by atoms with van der Waals surface area (Å²) >= 11 is 0. The molecular weight excluding hydrogens is 236 g/mol. The molecule has 0 aliphatic carbocycles. The van der Waals surface area contributed by atoms with Gasteiger partial charge in [0, 0.05) is 12.1 Å². The summed E-state index contributed by atoms with van der Waals surface area (Å²) in [6, 6.07) is -0.160. The zero-order valence-electron chi connectivity index (χ0n) is 11.1. The maximum Gasteiger partial charge on any atom is 0.153 e. The molecule has 17 heavy (non-hydrogen) atoms. The zero-order valence-corrected chi connectivity index (χ0v) is 11.9. The molecule has 4 nitrogen and oxygen atoms in total. The van der Waals surface area contributed by atoms with Crippen LogP contribution >= 0.6 is 0 Å². The predicted molar refractivity (Wildman–Crippen MR) is 71.8 cm³/mol. The molecule has 2 unspecified atom stereocenters. The molecule has 0 radical (unpaired) electrons. The maximum atomic E-state index is 11.6. The molecule has 102 valence electrons. The van der Waals surface area contributed by atoms with E-state index in [0.29, 0.717) is 0 Å². The van der Waals surface area contributed by atoms with Crippen LogP contribution in [0.15, 0.2) is 0 Å². The third kappa shape index (κ3) is 4.56. The van der Waals surface area contributed by atoms with Crippen LogP contribution in [0.1, 0.15) is 39.5 Å².